The first kappa shape index (κ1) is 14.4. The summed E-state index contributed by atoms with van der Waals surface area (Å²) in [5.74, 6) is 0.742. The quantitative estimate of drug-likeness (QED) is 0.859. The monoisotopic (exact) mass is 301 g/mol. The number of carbonyl (C=O) groups excluding carboxylic acids is 1. The van der Waals surface area contributed by atoms with Crippen LogP contribution in [0, 0.1) is 0 Å². The Bertz CT molecular complexity index is 463. The molecule has 104 valence electrons. The minimum Gasteiger partial charge on any atom is -0.479 e. The zero-order valence-corrected chi connectivity index (χ0v) is 12.1. The summed E-state index contributed by atoms with van der Waals surface area (Å²) in [6.07, 6.45) is 0.00224. The van der Waals surface area contributed by atoms with Crippen molar-refractivity contribution in [3.63, 3.8) is 0 Å². The molecule has 5 nitrogen and oxygen atoms in total. The predicted octanol–water partition coefficient (Wildman–Crippen LogP) is 1.37. The van der Waals surface area contributed by atoms with Crippen LogP contribution in [0.3, 0.4) is 0 Å². The molecule has 7 heteroatoms. The van der Waals surface area contributed by atoms with Crippen LogP contribution in [0.4, 0.5) is 0 Å². The molecule has 0 aliphatic carbocycles. The van der Waals surface area contributed by atoms with E-state index in [-0.39, 0.29) is 12.5 Å². The number of amides is 1. The van der Waals surface area contributed by atoms with Gasteiger partial charge in [0, 0.05) is 17.7 Å². The van der Waals surface area contributed by atoms with Gasteiger partial charge in [-0.3, -0.25) is 4.79 Å². The van der Waals surface area contributed by atoms with Crippen molar-refractivity contribution in [1.82, 2.24) is 5.32 Å². The summed E-state index contributed by atoms with van der Waals surface area (Å²) >= 11 is 3.36. The Balaban J connectivity index is 1.96. The number of carbonyl (C=O) groups is 2. The zero-order chi connectivity index (χ0) is 13.8. The fourth-order valence-electron chi connectivity index (χ4n) is 1.80. The van der Waals surface area contributed by atoms with Gasteiger partial charge >= 0.3 is 5.97 Å². The first-order valence-corrected chi connectivity index (χ1v) is 7.82. The molecule has 1 unspecified atom stereocenters. The van der Waals surface area contributed by atoms with Crippen LogP contribution in [0.15, 0.2) is 6.07 Å². The Labute approximate surface area is 119 Å². The molecule has 2 N–H and O–H groups in total. The topological polar surface area (TPSA) is 75.6 Å². The van der Waals surface area contributed by atoms with Gasteiger partial charge in [0.15, 0.2) is 6.10 Å². The van der Waals surface area contributed by atoms with Gasteiger partial charge in [-0.05, 0) is 23.8 Å². The number of ether oxygens (including phenoxy) is 1. The van der Waals surface area contributed by atoms with Gasteiger partial charge in [0.1, 0.15) is 0 Å². The van der Waals surface area contributed by atoms with Gasteiger partial charge < -0.3 is 15.2 Å². The standard InChI is InChI=1S/C12H15NO4S2/c1-17-8(12(15)16)5-13-11(14)10-4-7-6-18-3-2-9(7)19-10/h4,8H,2-3,5-6H2,1H3,(H,13,14)(H,15,16). The second kappa shape index (κ2) is 6.40. The maximum atomic E-state index is 11.9. The van der Waals surface area contributed by atoms with Gasteiger partial charge in [-0.2, -0.15) is 11.8 Å². The molecule has 1 aromatic heterocycles. The second-order valence-electron chi connectivity index (χ2n) is 4.13. The number of aliphatic carboxylic acids is 1. The van der Waals surface area contributed by atoms with E-state index in [0.717, 1.165) is 17.9 Å². The number of methoxy groups -OCH3 is 1. The number of hydrogen-bond donors (Lipinski definition) is 2. The minimum atomic E-state index is -1.08. The van der Waals surface area contributed by atoms with Crippen LogP contribution in [0.1, 0.15) is 20.1 Å². The van der Waals surface area contributed by atoms with Crippen molar-refractivity contribution < 1.29 is 19.4 Å². The maximum Gasteiger partial charge on any atom is 0.334 e. The number of thiophene rings is 1. The third-order valence-electron chi connectivity index (χ3n) is 2.86. The van der Waals surface area contributed by atoms with Crippen LogP contribution in [0.25, 0.3) is 0 Å². The zero-order valence-electron chi connectivity index (χ0n) is 10.5. The first-order valence-electron chi connectivity index (χ1n) is 5.85. The van der Waals surface area contributed by atoms with Crippen molar-refractivity contribution in [3.05, 3.63) is 21.4 Å². The molecule has 1 aliphatic rings. The molecule has 19 heavy (non-hydrogen) atoms. The summed E-state index contributed by atoms with van der Waals surface area (Å²) in [7, 11) is 1.31. The first-order chi connectivity index (χ1) is 9.11. The highest BCUT2D eigenvalue weighted by Crippen LogP contribution is 2.31. The Hall–Kier alpha value is -1.05. The minimum absolute atomic E-state index is 0.0258. The lowest BCUT2D eigenvalue weighted by atomic mass is 10.2. The fourth-order valence-corrected chi connectivity index (χ4v) is 4.09. The van der Waals surface area contributed by atoms with E-state index in [4.69, 9.17) is 9.84 Å². The van der Waals surface area contributed by atoms with E-state index in [1.165, 1.54) is 28.9 Å². The Morgan fingerprint density at radius 1 is 1.58 bits per heavy atom. The molecule has 1 aromatic rings. The lowest BCUT2D eigenvalue weighted by molar-refractivity contribution is -0.147. The molecule has 0 aromatic carbocycles. The van der Waals surface area contributed by atoms with E-state index >= 15 is 0 Å². The van der Waals surface area contributed by atoms with Gasteiger partial charge in [-0.15, -0.1) is 11.3 Å². The van der Waals surface area contributed by atoms with Crippen LogP contribution in [0.2, 0.25) is 0 Å². The Kier molecular flexibility index (Phi) is 4.84. The summed E-state index contributed by atoms with van der Waals surface area (Å²) in [5, 5.41) is 11.4. The van der Waals surface area contributed by atoms with Gasteiger partial charge in [0.05, 0.1) is 11.4 Å². The van der Waals surface area contributed by atoms with Crippen molar-refractivity contribution in [3.8, 4) is 0 Å². The lowest BCUT2D eigenvalue weighted by Gasteiger charge is -2.10. The number of hydrogen-bond acceptors (Lipinski definition) is 5. The number of rotatable bonds is 5. The third-order valence-corrected chi connectivity index (χ3v) is 5.10. The van der Waals surface area contributed by atoms with Crippen molar-refractivity contribution in [1.29, 1.82) is 0 Å². The summed E-state index contributed by atoms with van der Waals surface area (Å²) in [6, 6.07) is 1.91. The molecular weight excluding hydrogens is 286 g/mol. The number of nitrogens with one attached hydrogen (secondary N) is 1. The largest absolute Gasteiger partial charge is 0.479 e. The molecule has 0 radical (unpaired) electrons. The van der Waals surface area contributed by atoms with Crippen LogP contribution < -0.4 is 5.32 Å². The van der Waals surface area contributed by atoms with Gasteiger partial charge in [0.2, 0.25) is 0 Å². The summed E-state index contributed by atoms with van der Waals surface area (Å²) < 4.78 is 4.77. The van der Waals surface area contributed by atoms with Crippen molar-refractivity contribution >= 4 is 35.0 Å². The van der Waals surface area contributed by atoms with Crippen LogP contribution in [-0.4, -0.2) is 42.5 Å². The summed E-state index contributed by atoms with van der Waals surface area (Å²) in [6.45, 7) is -0.0258. The smallest absolute Gasteiger partial charge is 0.334 e. The molecule has 1 amide bonds. The van der Waals surface area contributed by atoms with E-state index in [1.54, 1.807) is 0 Å². The van der Waals surface area contributed by atoms with Crippen LogP contribution in [-0.2, 0) is 21.7 Å². The van der Waals surface area contributed by atoms with Crippen molar-refractivity contribution in [2.24, 2.45) is 0 Å². The predicted molar refractivity (Wildman–Crippen MR) is 75.0 cm³/mol. The molecule has 2 rings (SSSR count). The summed E-state index contributed by atoms with van der Waals surface area (Å²) in [4.78, 5) is 24.6. The van der Waals surface area contributed by atoms with Gasteiger partial charge in [-0.25, -0.2) is 4.79 Å². The van der Waals surface area contributed by atoms with E-state index in [2.05, 4.69) is 5.32 Å². The number of thioether (sulfide) groups is 1. The highest BCUT2D eigenvalue weighted by atomic mass is 32.2. The normalized spacial score (nSPS) is 15.6. The fraction of sp³-hybridized carbons (Fsp3) is 0.500. The van der Waals surface area contributed by atoms with Gasteiger partial charge in [0.25, 0.3) is 5.91 Å². The lowest BCUT2D eigenvalue weighted by Crippen LogP contribution is -2.37. The van der Waals surface area contributed by atoms with E-state index in [9.17, 15) is 9.59 Å². The third kappa shape index (κ3) is 3.49. The van der Waals surface area contributed by atoms with E-state index in [1.807, 2.05) is 17.8 Å². The highest BCUT2D eigenvalue weighted by Gasteiger charge is 2.20. The maximum absolute atomic E-state index is 11.9. The Morgan fingerprint density at radius 2 is 2.37 bits per heavy atom. The molecule has 2 heterocycles. The average molecular weight is 301 g/mol. The number of carboxylic acids is 1. The molecular formula is C12H15NO4S2. The second-order valence-corrected chi connectivity index (χ2v) is 6.38. The van der Waals surface area contributed by atoms with Crippen molar-refractivity contribution in [2.75, 3.05) is 19.4 Å². The molecule has 0 bridgehead atoms. The number of fused-ring (bicyclic) bond motifs is 1. The highest BCUT2D eigenvalue weighted by molar-refractivity contribution is 7.98. The number of aryl methyl sites for hydroxylation is 1. The Morgan fingerprint density at radius 3 is 3.00 bits per heavy atom. The summed E-state index contributed by atoms with van der Waals surface area (Å²) in [5.41, 5.74) is 1.23. The molecule has 0 saturated carbocycles. The van der Waals surface area contributed by atoms with Crippen molar-refractivity contribution in [2.45, 2.75) is 18.3 Å². The van der Waals surface area contributed by atoms with Crippen LogP contribution >= 0.6 is 23.1 Å². The van der Waals surface area contributed by atoms with E-state index < -0.39 is 12.1 Å². The van der Waals surface area contributed by atoms with Gasteiger partial charge in [-0.1, -0.05) is 0 Å². The number of carboxylic acid groups (broad SMARTS) is 1. The molecule has 1 atom stereocenters. The molecule has 0 fully saturated rings. The molecule has 0 saturated heterocycles. The molecule has 1 aliphatic heterocycles. The molecule has 0 spiro atoms. The van der Waals surface area contributed by atoms with Crippen LogP contribution in [0.5, 0.6) is 0 Å². The van der Waals surface area contributed by atoms with E-state index in [0.29, 0.717) is 4.88 Å². The average Bonchev–Trinajstić information content (AvgIpc) is 2.82. The SMILES string of the molecule is COC(CNC(=O)c1cc2c(s1)CCSC2)C(=O)O.